The third kappa shape index (κ3) is 3.66. The molecule has 3 aliphatic rings. The molecule has 3 saturated heterocycles. The summed E-state index contributed by atoms with van der Waals surface area (Å²) < 4.78 is 5.74. The fourth-order valence-corrected chi connectivity index (χ4v) is 6.08. The van der Waals surface area contributed by atoms with Crippen LogP contribution in [0.25, 0.3) is 0 Å². The first-order valence-electron chi connectivity index (χ1n) is 9.13. The fraction of sp³-hybridized carbons (Fsp3) is 0.722. The van der Waals surface area contributed by atoms with Gasteiger partial charge in [0.1, 0.15) is 0 Å². The SMILES string of the molecule is O=C(c1ccc(C2CCCO2)s1)N1CCN(C2CCSCC2)CC1. The van der Waals surface area contributed by atoms with Crippen LogP contribution in [0.4, 0.5) is 0 Å². The van der Waals surface area contributed by atoms with Crippen LogP contribution >= 0.6 is 23.1 Å². The van der Waals surface area contributed by atoms with Crippen molar-refractivity contribution in [2.75, 3.05) is 44.3 Å². The summed E-state index contributed by atoms with van der Waals surface area (Å²) in [5.41, 5.74) is 0. The molecule has 0 aliphatic carbocycles. The molecule has 4 nitrogen and oxygen atoms in total. The van der Waals surface area contributed by atoms with Crippen LogP contribution in [-0.4, -0.2) is 66.0 Å². The zero-order valence-corrected chi connectivity index (χ0v) is 15.7. The number of nitrogens with zero attached hydrogens (tertiary/aromatic N) is 2. The monoisotopic (exact) mass is 366 g/mol. The summed E-state index contributed by atoms with van der Waals surface area (Å²) in [6, 6.07) is 4.83. The first kappa shape index (κ1) is 16.9. The normalized spacial score (nSPS) is 26.8. The lowest BCUT2D eigenvalue weighted by atomic mass is 10.1. The Labute approximate surface area is 152 Å². The number of thioether (sulfide) groups is 1. The number of amides is 1. The minimum absolute atomic E-state index is 0.211. The van der Waals surface area contributed by atoms with E-state index >= 15 is 0 Å². The first-order chi connectivity index (χ1) is 11.8. The van der Waals surface area contributed by atoms with Crippen molar-refractivity contribution >= 4 is 29.0 Å². The van der Waals surface area contributed by atoms with Crippen molar-refractivity contribution in [2.45, 2.75) is 37.8 Å². The maximum Gasteiger partial charge on any atom is 0.264 e. The van der Waals surface area contributed by atoms with E-state index in [9.17, 15) is 4.79 Å². The van der Waals surface area contributed by atoms with Gasteiger partial charge in [-0.25, -0.2) is 0 Å². The van der Waals surface area contributed by atoms with Gasteiger partial charge in [0.05, 0.1) is 11.0 Å². The molecule has 1 atom stereocenters. The van der Waals surface area contributed by atoms with Crippen LogP contribution in [0.1, 0.15) is 46.3 Å². The first-order valence-corrected chi connectivity index (χ1v) is 11.1. The Bertz CT molecular complexity index is 557. The van der Waals surface area contributed by atoms with Crippen LogP contribution in [0.15, 0.2) is 12.1 Å². The third-order valence-corrected chi connectivity index (χ3v) is 7.61. The molecule has 1 aromatic rings. The predicted octanol–water partition coefficient (Wildman–Crippen LogP) is 3.25. The van der Waals surface area contributed by atoms with E-state index in [1.165, 1.54) is 29.2 Å². The van der Waals surface area contributed by atoms with Crippen molar-refractivity contribution in [3.8, 4) is 0 Å². The highest BCUT2D eigenvalue weighted by Gasteiger charge is 2.28. The molecule has 4 rings (SSSR count). The van der Waals surface area contributed by atoms with Crippen molar-refractivity contribution < 1.29 is 9.53 Å². The van der Waals surface area contributed by atoms with Gasteiger partial charge in [0, 0.05) is 43.7 Å². The van der Waals surface area contributed by atoms with E-state index < -0.39 is 0 Å². The number of piperazine rings is 1. The van der Waals surface area contributed by atoms with Crippen LogP contribution in [0.5, 0.6) is 0 Å². The molecule has 0 aromatic carbocycles. The molecule has 0 radical (unpaired) electrons. The molecule has 0 spiro atoms. The summed E-state index contributed by atoms with van der Waals surface area (Å²) in [4.78, 5) is 19.5. The van der Waals surface area contributed by atoms with Gasteiger partial charge >= 0.3 is 0 Å². The average molecular weight is 367 g/mol. The van der Waals surface area contributed by atoms with E-state index in [1.807, 2.05) is 11.0 Å². The molecule has 0 bridgehead atoms. The van der Waals surface area contributed by atoms with Crippen LogP contribution in [0, 0.1) is 0 Å². The quantitative estimate of drug-likeness (QED) is 0.822. The predicted molar refractivity (Wildman–Crippen MR) is 100 cm³/mol. The highest BCUT2D eigenvalue weighted by molar-refractivity contribution is 7.99. The maximum atomic E-state index is 12.8. The molecule has 0 N–H and O–H groups in total. The second kappa shape index (κ2) is 7.77. The molecule has 0 saturated carbocycles. The highest BCUT2D eigenvalue weighted by atomic mass is 32.2. The highest BCUT2D eigenvalue weighted by Crippen LogP contribution is 2.33. The molecule has 1 amide bonds. The summed E-state index contributed by atoms with van der Waals surface area (Å²) >= 11 is 3.71. The number of hydrogen-bond donors (Lipinski definition) is 0. The lowest BCUT2D eigenvalue weighted by Gasteiger charge is -2.40. The Kier molecular flexibility index (Phi) is 5.46. The molecule has 24 heavy (non-hydrogen) atoms. The van der Waals surface area contributed by atoms with E-state index in [0.717, 1.165) is 56.5 Å². The lowest BCUT2D eigenvalue weighted by Crippen LogP contribution is -2.52. The van der Waals surface area contributed by atoms with Gasteiger partial charge in [0.2, 0.25) is 0 Å². The van der Waals surface area contributed by atoms with Crippen molar-refractivity contribution in [3.05, 3.63) is 21.9 Å². The molecule has 3 aliphatic heterocycles. The van der Waals surface area contributed by atoms with Crippen LogP contribution in [-0.2, 0) is 4.74 Å². The summed E-state index contributed by atoms with van der Waals surface area (Å²) in [7, 11) is 0. The van der Waals surface area contributed by atoms with Crippen LogP contribution in [0.3, 0.4) is 0 Å². The molecule has 4 heterocycles. The second-order valence-electron chi connectivity index (χ2n) is 6.88. The average Bonchev–Trinajstić information content (AvgIpc) is 3.33. The van der Waals surface area contributed by atoms with Gasteiger partial charge in [-0.2, -0.15) is 11.8 Å². The lowest BCUT2D eigenvalue weighted by molar-refractivity contribution is 0.0563. The van der Waals surface area contributed by atoms with Gasteiger partial charge in [0.15, 0.2) is 0 Å². The molecular weight excluding hydrogens is 340 g/mol. The van der Waals surface area contributed by atoms with Gasteiger partial charge in [-0.3, -0.25) is 9.69 Å². The summed E-state index contributed by atoms with van der Waals surface area (Å²) in [6.07, 6.45) is 5.07. The number of thiophene rings is 1. The van der Waals surface area contributed by atoms with Crippen molar-refractivity contribution in [1.82, 2.24) is 9.80 Å². The standard InChI is InChI=1S/C18H26N2O2S2/c21-18(17-4-3-16(24-17)15-2-1-11-22-15)20-9-7-19(8-10-20)14-5-12-23-13-6-14/h3-4,14-15H,1-2,5-13H2. The molecule has 3 fully saturated rings. The van der Waals surface area contributed by atoms with Gasteiger partial charge in [-0.05, 0) is 49.3 Å². The van der Waals surface area contributed by atoms with Gasteiger partial charge in [-0.1, -0.05) is 0 Å². The fourth-order valence-electron chi connectivity index (χ4n) is 3.94. The summed E-state index contributed by atoms with van der Waals surface area (Å²) in [6.45, 7) is 4.66. The number of rotatable bonds is 3. The molecule has 1 aromatic heterocycles. The zero-order valence-electron chi connectivity index (χ0n) is 14.1. The summed E-state index contributed by atoms with van der Waals surface area (Å²) in [5, 5.41) is 0. The molecule has 6 heteroatoms. The smallest absolute Gasteiger partial charge is 0.264 e. The minimum atomic E-state index is 0.211. The topological polar surface area (TPSA) is 32.8 Å². The van der Waals surface area contributed by atoms with Crippen LogP contribution < -0.4 is 0 Å². The largest absolute Gasteiger partial charge is 0.373 e. The Morgan fingerprint density at radius 3 is 2.58 bits per heavy atom. The van der Waals surface area contributed by atoms with E-state index in [0.29, 0.717) is 0 Å². The number of carbonyl (C=O) groups is 1. The molecule has 132 valence electrons. The van der Waals surface area contributed by atoms with Crippen LogP contribution in [0.2, 0.25) is 0 Å². The number of carbonyl (C=O) groups excluding carboxylic acids is 1. The van der Waals surface area contributed by atoms with E-state index in [4.69, 9.17) is 4.74 Å². The Morgan fingerprint density at radius 2 is 1.88 bits per heavy atom. The number of hydrogen-bond acceptors (Lipinski definition) is 5. The molecule has 1 unspecified atom stereocenters. The van der Waals surface area contributed by atoms with Gasteiger partial charge in [0.25, 0.3) is 5.91 Å². The van der Waals surface area contributed by atoms with Crippen molar-refractivity contribution in [3.63, 3.8) is 0 Å². The Hall–Kier alpha value is -0.560. The van der Waals surface area contributed by atoms with E-state index in [2.05, 4.69) is 22.7 Å². The number of ether oxygens (including phenoxy) is 1. The maximum absolute atomic E-state index is 12.8. The summed E-state index contributed by atoms with van der Waals surface area (Å²) in [5.74, 6) is 2.80. The molecular formula is C18H26N2O2S2. The second-order valence-corrected chi connectivity index (χ2v) is 9.22. The van der Waals surface area contributed by atoms with Crippen molar-refractivity contribution in [1.29, 1.82) is 0 Å². The van der Waals surface area contributed by atoms with Crippen molar-refractivity contribution in [2.24, 2.45) is 0 Å². The Balaban J connectivity index is 1.32. The zero-order chi connectivity index (χ0) is 16.4. The van der Waals surface area contributed by atoms with E-state index in [-0.39, 0.29) is 12.0 Å². The Morgan fingerprint density at radius 1 is 1.08 bits per heavy atom. The van der Waals surface area contributed by atoms with E-state index in [1.54, 1.807) is 11.3 Å². The third-order valence-electron chi connectivity index (χ3n) is 5.39. The van der Waals surface area contributed by atoms with Gasteiger partial charge in [-0.15, -0.1) is 11.3 Å². The minimum Gasteiger partial charge on any atom is -0.373 e. The van der Waals surface area contributed by atoms with Gasteiger partial charge < -0.3 is 9.64 Å².